The molecule has 0 saturated heterocycles. The van der Waals surface area contributed by atoms with Crippen LogP contribution in [0.5, 0.6) is 5.75 Å². The van der Waals surface area contributed by atoms with Gasteiger partial charge in [0.15, 0.2) is 0 Å². The van der Waals surface area contributed by atoms with Crippen molar-refractivity contribution in [3.8, 4) is 5.75 Å². The Bertz CT molecular complexity index is 484. The Kier molecular flexibility index (Phi) is 4.10. The van der Waals surface area contributed by atoms with Crippen molar-refractivity contribution in [1.29, 1.82) is 0 Å². The normalized spacial score (nSPS) is 20.7. The maximum atomic E-state index is 10.8. The number of pyridine rings is 1. The monoisotopic (exact) mass is 277 g/mol. The highest BCUT2D eigenvalue weighted by Crippen LogP contribution is 2.42. The van der Waals surface area contributed by atoms with Crippen LogP contribution in [0.4, 0.5) is 0 Å². The predicted molar refractivity (Wildman–Crippen MR) is 81.2 cm³/mol. The topological polar surface area (TPSA) is 42.4 Å². The molecule has 0 spiro atoms. The molecule has 1 heterocycles. The second-order valence-corrected chi connectivity index (χ2v) is 7.11. The predicted octanol–water partition coefficient (Wildman–Crippen LogP) is 3.58. The van der Waals surface area contributed by atoms with E-state index in [2.05, 4.69) is 18.8 Å². The maximum Gasteiger partial charge on any atom is 0.128 e. The standard InChI is InChI=1S/C17H27NO2/c1-12-11-18-14(13(2)15(12)20-5)10-17(19)8-6-16(3,4)7-9-17/h11,19H,6-10H2,1-5H3. The molecule has 0 unspecified atom stereocenters. The molecule has 1 N–H and O–H groups in total. The van der Waals surface area contributed by atoms with E-state index < -0.39 is 5.60 Å². The van der Waals surface area contributed by atoms with Crippen molar-refractivity contribution in [1.82, 2.24) is 4.98 Å². The first-order valence-electron chi connectivity index (χ1n) is 7.48. The molecule has 112 valence electrons. The number of ether oxygens (including phenoxy) is 1. The number of methoxy groups -OCH3 is 1. The summed E-state index contributed by atoms with van der Waals surface area (Å²) in [4.78, 5) is 4.52. The molecule has 0 aliphatic heterocycles. The molecule has 1 aromatic heterocycles. The van der Waals surface area contributed by atoms with E-state index in [1.165, 1.54) is 0 Å². The Balaban J connectivity index is 2.18. The summed E-state index contributed by atoms with van der Waals surface area (Å²) < 4.78 is 5.45. The number of hydrogen-bond acceptors (Lipinski definition) is 3. The van der Waals surface area contributed by atoms with Crippen LogP contribution in [0.25, 0.3) is 0 Å². The first kappa shape index (κ1) is 15.3. The SMILES string of the molecule is COc1c(C)cnc(CC2(O)CCC(C)(C)CC2)c1C. The second-order valence-electron chi connectivity index (χ2n) is 7.11. The lowest BCUT2D eigenvalue weighted by atomic mass is 9.69. The smallest absolute Gasteiger partial charge is 0.128 e. The molecule has 0 atom stereocenters. The Morgan fingerprint density at radius 3 is 2.35 bits per heavy atom. The fraction of sp³-hybridized carbons (Fsp3) is 0.706. The first-order chi connectivity index (χ1) is 9.26. The van der Waals surface area contributed by atoms with Crippen molar-refractivity contribution in [2.75, 3.05) is 7.11 Å². The van der Waals surface area contributed by atoms with Gasteiger partial charge in [0.1, 0.15) is 5.75 Å². The van der Waals surface area contributed by atoms with E-state index in [9.17, 15) is 5.11 Å². The van der Waals surface area contributed by atoms with Crippen molar-refractivity contribution >= 4 is 0 Å². The lowest BCUT2D eigenvalue weighted by molar-refractivity contribution is -0.0259. The van der Waals surface area contributed by atoms with E-state index >= 15 is 0 Å². The van der Waals surface area contributed by atoms with Crippen LogP contribution in [-0.4, -0.2) is 22.8 Å². The highest BCUT2D eigenvalue weighted by molar-refractivity contribution is 5.41. The van der Waals surface area contributed by atoms with Crippen molar-refractivity contribution in [2.24, 2.45) is 5.41 Å². The van der Waals surface area contributed by atoms with Gasteiger partial charge in [-0.15, -0.1) is 0 Å². The third-order valence-electron chi connectivity index (χ3n) is 4.78. The van der Waals surface area contributed by atoms with Crippen LogP contribution < -0.4 is 4.74 Å². The molecule has 3 nitrogen and oxygen atoms in total. The van der Waals surface area contributed by atoms with E-state index in [4.69, 9.17) is 4.74 Å². The zero-order chi connectivity index (χ0) is 15.0. The molecule has 1 aliphatic carbocycles. The molecule has 0 radical (unpaired) electrons. The van der Waals surface area contributed by atoms with Crippen molar-refractivity contribution in [2.45, 2.75) is 65.4 Å². The number of aliphatic hydroxyl groups is 1. The summed E-state index contributed by atoms with van der Waals surface area (Å²) in [5.74, 6) is 0.898. The first-order valence-corrected chi connectivity index (χ1v) is 7.48. The molecule has 3 heteroatoms. The third-order valence-corrected chi connectivity index (χ3v) is 4.78. The molecule has 1 fully saturated rings. The number of nitrogens with zero attached hydrogens (tertiary/aromatic N) is 1. The van der Waals surface area contributed by atoms with Crippen molar-refractivity contribution in [3.05, 3.63) is 23.0 Å². The Morgan fingerprint density at radius 1 is 1.20 bits per heavy atom. The van der Waals surface area contributed by atoms with Gasteiger partial charge in [-0.05, 0) is 44.9 Å². The number of aryl methyl sites for hydroxylation is 1. The highest BCUT2D eigenvalue weighted by Gasteiger charge is 2.37. The molecule has 1 saturated carbocycles. The summed E-state index contributed by atoms with van der Waals surface area (Å²) in [6.07, 6.45) is 6.34. The number of aromatic nitrogens is 1. The van der Waals surface area contributed by atoms with Crippen molar-refractivity contribution < 1.29 is 9.84 Å². The highest BCUT2D eigenvalue weighted by atomic mass is 16.5. The number of hydrogen-bond donors (Lipinski definition) is 1. The summed E-state index contributed by atoms with van der Waals surface area (Å²) in [5, 5.41) is 10.8. The molecular formula is C17H27NO2. The van der Waals surface area contributed by atoms with Gasteiger partial charge in [-0.25, -0.2) is 0 Å². The van der Waals surface area contributed by atoms with Gasteiger partial charge >= 0.3 is 0 Å². The minimum Gasteiger partial charge on any atom is -0.496 e. The summed E-state index contributed by atoms with van der Waals surface area (Å²) >= 11 is 0. The average molecular weight is 277 g/mol. The van der Waals surface area contributed by atoms with E-state index in [1.807, 2.05) is 20.0 Å². The minimum absolute atomic E-state index is 0.361. The average Bonchev–Trinajstić information content (AvgIpc) is 2.38. The van der Waals surface area contributed by atoms with Gasteiger partial charge in [-0.1, -0.05) is 13.8 Å². The summed E-state index contributed by atoms with van der Waals surface area (Å²) in [5.41, 5.74) is 2.83. The Morgan fingerprint density at radius 2 is 1.80 bits per heavy atom. The third kappa shape index (κ3) is 3.14. The van der Waals surface area contributed by atoms with Crippen LogP contribution in [0.15, 0.2) is 6.20 Å². The summed E-state index contributed by atoms with van der Waals surface area (Å²) in [6, 6.07) is 0. The zero-order valence-corrected chi connectivity index (χ0v) is 13.4. The van der Waals surface area contributed by atoms with E-state index in [1.54, 1.807) is 7.11 Å². The van der Waals surface area contributed by atoms with Crippen LogP contribution in [0.3, 0.4) is 0 Å². The molecule has 0 bridgehead atoms. The van der Waals surface area contributed by atoms with Gasteiger partial charge in [-0.2, -0.15) is 0 Å². The van der Waals surface area contributed by atoms with Crippen LogP contribution >= 0.6 is 0 Å². The van der Waals surface area contributed by atoms with Crippen molar-refractivity contribution in [3.63, 3.8) is 0 Å². The van der Waals surface area contributed by atoms with Crippen LogP contribution in [0.1, 0.15) is 56.4 Å². The van der Waals surface area contributed by atoms with Gasteiger partial charge in [0.2, 0.25) is 0 Å². The lowest BCUT2D eigenvalue weighted by Gasteiger charge is -2.40. The fourth-order valence-corrected chi connectivity index (χ4v) is 3.13. The van der Waals surface area contributed by atoms with E-state index in [-0.39, 0.29) is 0 Å². The Hall–Kier alpha value is -1.09. The largest absolute Gasteiger partial charge is 0.496 e. The van der Waals surface area contributed by atoms with Gasteiger partial charge in [0, 0.05) is 29.4 Å². The van der Waals surface area contributed by atoms with Gasteiger partial charge in [-0.3, -0.25) is 4.98 Å². The molecular weight excluding hydrogens is 250 g/mol. The summed E-state index contributed by atoms with van der Waals surface area (Å²) in [6.45, 7) is 8.60. The minimum atomic E-state index is -0.604. The molecule has 2 rings (SSSR count). The molecule has 0 amide bonds. The molecule has 1 aromatic rings. The van der Waals surface area contributed by atoms with E-state index in [0.29, 0.717) is 11.8 Å². The van der Waals surface area contributed by atoms with Crippen LogP contribution in [0, 0.1) is 19.3 Å². The maximum absolute atomic E-state index is 10.8. The zero-order valence-electron chi connectivity index (χ0n) is 13.4. The Labute approximate surface area is 122 Å². The quantitative estimate of drug-likeness (QED) is 0.918. The van der Waals surface area contributed by atoms with E-state index in [0.717, 1.165) is 48.3 Å². The molecule has 0 aromatic carbocycles. The molecule has 20 heavy (non-hydrogen) atoms. The summed E-state index contributed by atoms with van der Waals surface area (Å²) in [7, 11) is 1.69. The van der Waals surface area contributed by atoms with Crippen LogP contribution in [-0.2, 0) is 6.42 Å². The van der Waals surface area contributed by atoms with Gasteiger partial charge in [0.25, 0.3) is 0 Å². The van der Waals surface area contributed by atoms with Gasteiger partial charge in [0.05, 0.1) is 12.7 Å². The fourth-order valence-electron chi connectivity index (χ4n) is 3.13. The lowest BCUT2D eigenvalue weighted by Crippen LogP contribution is -2.39. The van der Waals surface area contributed by atoms with Gasteiger partial charge < -0.3 is 9.84 Å². The molecule has 1 aliphatic rings. The van der Waals surface area contributed by atoms with Crippen LogP contribution in [0.2, 0.25) is 0 Å². The number of rotatable bonds is 3. The second kappa shape index (κ2) is 5.36.